The van der Waals surface area contributed by atoms with Crippen molar-refractivity contribution >= 4 is 44.5 Å². The van der Waals surface area contributed by atoms with Crippen molar-refractivity contribution in [3.63, 3.8) is 0 Å². The van der Waals surface area contributed by atoms with E-state index < -0.39 is 0 Å². The number of hydrogen-bond donors (Lipinski definition) is 2. The first-order chi connectivity index (χ1) is 17.6. The summed E-state index contributed by atoms with van der Waals surface area (Å²) >= 11 is 5.02. The second-order valence-electron chi connectivity index (χ2n) is 7.67. The fraction of sp³-hybridized carbons (Fsp3) is 0.148. The molecule has 1 aromatic heterocycles. The number of methoxy groups -OCH3 is 1. The molecular formula is C27H25BrN4O3S. The van der Waals surface area contributed by atoms with Gasteiger partial charge in [-0.2, -0.15) is 5.10 Å². The molecule has 0 aliphatic carbocycles. The summed E-state index contributed by atoms with van der Waals surface area (Å²) in [6, 6.07) is 23.5. The van der Waals surface area contributed by atoms with Gasteiger partial charge in [0, 0.05) is 27.5 Å². The summed E-state index contributed by atoms with van der Waals surface area (Å²) < 4.78 is 11.9. The van der Waals surface area contributed by atoms with Crippen LogP contribution >= 0.6 is 27.3 Å². The molecule has 184 valence electrons. The summed E-state index contributed by atoms with van der Waals surface area (Å²) in [6.45, 7) is 0.432. The zero-order valence-corrected chi connectivity index (χ0v) is 22.0. The summed E-state index contributed by atoms with van der Waals surface area (Å²) in [6.07, 6.45) is 2.42. The van der Waals surface area contributed by atoms with Gasteiger partial charge in [0.05, 0.1) is 19.0 Å². The van der Waals surface area contributed by atoms with Gasteiger partial charge in [-0.1, -0.05) is 60.7 Å². The molecule has 2 N–H and O–H groups in total. The first kappa shape index (κ1) is 25.4. The van der Waals surface area contributed by atoms with Crippen LogP contribution in [0.15, 0.2) is 87.8 Å². The monoisotopic (exact) mass is 564 g/mol. The number of hydrogen-bond acceptors (Lipinski definition) is 7. The highest BCUT2D eigenvalue weighted by molar-refractivity contribution is 9.10. The van der Waals surface area contributed by atoms with Gasteiger partial charge < -0.3 is 14.8 Å². The maximum absolute atomic E-state index is 12.2. The van der Waals surface area contributed by atoms with Gasteiger partial charge in [-0.05, 0) is 40.0 Å². The number of carbonyl (C=O) groups excluding carboxylic acids is 1. The summed E-state index contributed by atoms with van der Waals surface area (Å²) in [5.74, 6) is 0.759. The van der Waals surface area contributed by atoms with Crippen molar-refractivity contribution in [3.8, 4) is 22.8 Å². The molecule has 0 aliphatic rings. The van der Waals surface area contributed by atoms with E-state index in [2.05, 4.69) is 36.8 Å². The maximum Gasteiger partial charge on any atom is 0.257 e. The zero-order valence-electron chi connectivity index (χ0n) is 19.6. The van der Waals surface area contributed by atoms with E-state index in [-0.39, 0.29) is 12.5 Å². The number of aromatic nitrogens is 1. The third-order valence-corrected chi connectivity index (χ3v) is 6.59. The average Bonchev–Trinajstić information content (AvgIpc) is 3.38. The van der Waals surface area contributed by atoms with E-state index >= 15 is 0 Å². The molecule has 0 aliphatic heterocycles. The number of ether oxygens (including phenoxy) is 2. The molecule has 36 heavy (non-hydrogen) atoms. The Hall–Kier alpha value is -3.69. The minimum atomic E-state index is -0.197. The number of thiazole rings is 1. The van der Waals surface area contributed by atoms with E-state index in [1.807, 2.05) is 66.0 Å². The third kappa shape index (κ3) is 7.16. The highest BCUT2D eigenvalue weighted by atomic mass is 79.9. The number of halogens is 1. The molecular weight excluding hydrogens is 540 g/mol. The molecule has 9 heteroatoms. The molecule has 0 fully saturated rings. The summed E-state index contributed by atoms with van der Waals surface area (Å²) in [5, 5.41) is 9.84. The van der Waals surface area contributed by atoms with Gasteiger partial charge in [-0.25, -0.2) is 4.98 Å². The molecule has 0 atom stereocenters. The van der Waals surface area contributed by atoms with Crippen LogP contribution in [-0.2, 0) is 11.2 Å². The Morgan fingerprint density at radius 2 is 1.83 bits per heavy atom. The first-order valence-corrected chi connectivity index (χ1v) is 12.9. The molecule has 0 saturated carbocycles. The van der Waals surface area contributed by atoms with Crippen molar-refractivity contribution in [1.29, 1.82) is 0 Å². The van der Waals surface area contributed by atoms with E-state index in [4.69, 9.17) is 9.47 Å². The van der Waals surface area contributed by atoms with Gasteiger partial charge in [0.2, 0.25) is 5.13 Å². The Morgan fingerprint density at radius 3 is 2.58 bits per heavy atom. The number of carbonyl (C=O) groups is 1. The second-order valence-corrected chi connectivity index (χ2v) is 9.39. The highest BCUT2D eigenvalue weighted by Crippen LogP contribution is 2.33. The normalized spacial score (nSPS) is 10.8. The van der Waals surface area contributed by atoms with Gasteiger partial charge in [0.25, 0.3) is 5.91 Å². The number of rotatable bonds is 11. The highest BCUT2D eigenvalue weighted by Gasteiger charge is 2.12. The predicted octanol–water partition coefficient (Wildman–Crippen LogP) is 5.76. The molecule has 4 rings (SSSR count). The Kier molecular flexibility index (Phi) is 9.07. The molecule has 7 nitrogen and oxygen atoms in total. The molecule has 0 spiro atoms. The number of nitrogens with zero attached hydrogens (tertiary/aromatic N) is 2. The Balaban J connectivity index is 1.31. The number of nitrogens with one attached hydrogen (secondary N) is 2. The molecule has 1 amide bonds. The minimum Gasteiger partial charge on any atom is -0.493 e. The van der Waals surface area contributed by atoms with E-state index in [0.29, 0.717) is 23.2 Å². The Bertz CT molecular complexity index is 1310. The van der Waals surface area contributed by atoms with Crippen molar-refractivity contribution in [2.75, 3.05) is 25.7 Å². The van der Waals surface area contributed by atoms with Crippen LogP contribution in [0.1, 0.15) is 11.1 Å². The van der Waals surface area contributed by atoms with Gasteiger partial charge in [0.1, 0.15) is 0 Å². The van der Waals surface area contributed by atoms with Crippen LogP contribution in [0.2, 0.25) is 0 Å². The van der Waals surface area contributed by atoms with Gasteiger partial charge in [-0.3, -0.25) is 10.2 Å². The summed E-state index contributed by atoms with van der Waals surface area (Å²) in [5.41, 5.74) is 6.86. The van der Waals surface area contributed by atoms with Crippen LogP contribution in [0, 0.1) is 0 Å². The Labute approximate surface area is 222 Å². The molecule has 3 aromatic carbocycles. The smallest absolute Gasteiger partial charge is 0.257 e. The zero-order chi connectivity index (χ0) is 25.2. The minimum absolute atomic E-state index is 0.111. The van der Waals surface area contributed by atoms with E-state index in [9.17, 15) is 4.79 Å². The predicted molar refractivity (Wildman–Crippen MR) is 148 cm³/mol. The average molecular weight is 565 g/mol. The van der Waals surface area contributed by atoms with Crippen molar-refractivity contribution in [2.45, 2.75) is 6.42 Å². The van der Waals surface area contributed by atoms with E-state index in [1.54, 1.807) is 25.5 Å². The lowest BCUT2D eigenvalue weighted by Crippen LogP contribution is -2.30. The van der Waals surface area contributed by atoms with E-state index in [0.717, 1.165) is 27.7 Å². The quantitative estimate of drug-likeness (QED) is 0.178. The SMILES string of the molecule is COc1cc(C=NNc2nc(-c3ccccc3)cs2)c(Br)cc1OCC(=O)NCCc1ccccc1. The number of benzene rings is 3. The lowest BCUT2D eigenvalue weighted by molar-refractivity contribution is -0.123. The topological polar surface area (TPSA) is 84.8 Å². The van der Waals surface area contributed by atoms with E-state index in [1.165, 1.54) is 16.9 Å². The molecule has 0 unspecified atom stereocenters. The number of hydrazone groups is 1. The maximum atomic E-state index is 12.2. The van der Waals surface area contributed by atoms with Crippen molar-refractivity contribution < 1.29 is 14.3 Å². The fourth-order valence-electron chi connectivity index (χ4n) is 3.33. The Morgan fingerprint density at radius 1 is 1.08 bits per heavy atom. The molecule has 4 aromatic rings. The van der Waals surface area contributed by atoms with Crippen LogP contribution < -0.4 is 20.2 Å². The van der Waals surface area contributed by atoms with Crippen LogP contribution in [0.25, 0.3) is 11.3 Å². The number of anilines is 1. The van der Waals surface area contributed by atoms with Crippen molar-refractivity contribution in [3.05, 3.63) is 93.8 Å². The summed E-state index contributed by atoms with van der Waals surface area (Å²) in [7, 11) is 1.55. The van der Waals surface area contributed by atoms with Gasteiger partial charge in [-0.15, -0.1) is 11.3 Å². The fourth-order valence-corrected chi connectivity index (χ4v) is 4.42. The number of amides is 1. The van der Waals surface area contributed by atoms with Crippen LogP contribution in [0.4, 0.5) is 5.13 Å². The van der Waals surface area contributed by atoms with Crippen molar-refractivity contribution in [2.24, 2.45) is 5.10 Å². The van der Waals surface area contributed by atoms with Gasteiger partial charge in [0.15, 0.2) is 18.1 Å². The molecule has 1 heterocycles. The van der Waals surface area contributed by atoms with Crippen LogP contribution in [0.3, 0.4) is 0 Å². The standard InChI is InChI=1S/C27H25BrN4O3S/c1-34-24-14-21(16-30-32-27-31-23(18-36-27)20-10-6-3-7-11-20)22(28)15-25(24)35-17-26(33)29-13-12-19-8-4-2-5-9-19/h2-11,14-16,18H,12-13,17H2,1H3,(H,29,33)(H,31,32). The molecule has 0 saturated heterocycles. The lowest BCUT2D eigenvalue weighted by Gasteiger charge is -2.13. The second kappa shape index (κ2) is 12.9. The molecule has 0 radical (unpaired) electrons. The summed E-state index contributed by atoms with van der Waals surface area (Å²) in [4.78, 5) is 16.8. The van der Waals surface area contributed by atoms with Crippen LogP contribution in [-0.4, -0.2) is 37.4 Å². The van der Waals surface area contributed by atoms with Gasteiger partial charge >= 0.3 is 0 Å². The van der Waals surface area contributed by atoms with Crippen LogP contribution in [0.5, 0.6) is 11.5 Å². The lowest BCUT2D eigenvalue weighted by atomic mass is 10.1. The van der Waals surface area contributed by atoms with Crippen molar-refractivity contribution in [1.82, 2.24) is 10.3 Å². The largest absolute Gasteiger partial charge is 0.493 e. The molecule has 0 bridgehead atoms. The first-order valence-electron chi connectivity index (χ1n) is 11.2. The third-order valence-electron chi connectivity index (χ3n) is 5.16.